The molecule has 6 heteroatoms. The van der Waals surface area contributed by atoms with Crippen molar-refractivity contribution in [3.8, 4) is 11.5 Å². The second-order valence-electron chi connectivity index (χ2n) is 5.72. The highest BCUT2D eigenvalue weighted by Crippen LogP contribution is 2.24. The zero-order chi connectivity index (χ0) is 18.4. The molecule has 0 aliphatic carbocycles. The number of aromatic nitrogens is 2. The number of nitrogens with one attached hydrogen (secondary N) is 1. The Labute approximate surface area is 152 Å². The van der Waals surface area contributed by atoms with Crippen LogP contribution in [-0.4, -0.2) is 29.9 Å². The molecule has 0 unspecified atom stereocenters. The number of carbonyl (C=O) groups excluding carboxylic acids is 1. The van der Waals surface area contributed by atoms with Gasteiger partial charge in [-0.3, -0.25) is 9.48 Å². The van der Waals surface area contributed by atoms with Gasteiger partial charge in [-0.1, -0.05) is 24.3 Å². The maximum atomic E-state index is 12.6. The van der Waals surface area contributed by atoms with Gasteiger partial charge in [-0.05, 0) is 35.4 Å². The first-order chi connectivity index (χ1) is 12.7. The van der Waals surface area contributed by atoms with Crippen molar-refractivity contribution in [1.82, 2.24) is 15.1 Å². The van der Waals surface area contributed by atoms with Crippen LogP contribution in [-0.2, 0) is 13.1 Å². The zero-order valence-electron chi connectivity index (χ0n) is 14.8. The van der Waals surface area contributed by atoms with Crippen LogP contribution in [0.15, 0.2) is 60.9 Å². The number of methoxy groups -OCH3 is 2. The summed E-state index contributed by atoms with van der Waals surface area (Å²) in [6.07, 6.45) is 3.66. The number of ether oxygens (including phenoxy) is 2. The molecule has 2 aromatic carbocycles. The standard InChI is InChI=1S/C20H21N3O3/c1-25-17-8-9-19(26-2)18(12-17)20(24)21-13-15-6-3-4-7-16(15)14-23-11-5-10-22-23/h3-12H,13-14H2,1-2H3,(H,21,24). The highest BCUT2D eigenvalue weighted by atomic mass is 16.5. The minimum Gasteiger partial charge on any atom is -0.497 e. The summed E-state index contributed by atoms with van der Waals surface area (Å²) in [5, 5.41) is 7.19. The summed E-state index contributed by atoms with van der Waals surface area (Å²) in [7, 11) is 3.10. The van der Waals surface area contributed by atoms with Crippen molar-refractivity contribution in [2.24, 2.45) is 0 Å². The maximum Gasteiger partial charge on any atom is 0.255 e. The molecule has 0 aliphatic heterocycles. The Morgan fingerprint density at radius 1 is 1.08 bits per heavy atom. The summed E-state index contributed by atoms with van der Waals surface area (Å²) < 4.78 is 12.3. The molecule has 3 aromatic rings. The van der Waals surface area contributed by atoms with Gasteiger partial charge >= 0.3 is 0 Å². The first-order valence-corrected chi connectivity index (χ1v) is 8.25. The van der Waals surface area contributed by atoms with Crippen molar-refractivity contribution >= 4 is 5.91 Å². The van der Waals surface area contributed by atoms with E-state index in [1.165, 1.54) is 7.11 Å². The van der Waals surface area contributed by atoms with Crippen LogP contribution in [0.3, 0.4) is 0 Å². The molecule has 1 heterocycles. The Kier molecular flexibility index (Phi) is 5.53. The minimum absolute atomic E-state index is 0.213. The number of benzene rings is 2. The lowest BCUT2D eigenvalue weighted by molar-refractivity contribution is 0.0947. The lowest BCUT2D eigenvalue weighted by Gasteiger charge is -2.13. The largest absolute Gasteiger partial charge is 0.497 e. The fourth-order valence-electron chi connectivity index (χ4n) is 2.71. The number of rotatable bonds is 7. The van der Waals surface area contributed by atoms with Gasteiger partial charge in [0.25, 0.3) is 5.91 Å². The zero-order valence-corrected chi connectivity index (χ0v) is 14.8. The second kappa shape index (κ2) is 8.20. The number of hydrogen-bond acceptors (Lipinski definition) is 4. The van der Waals surface area contributed by atoms with Crippen molar-refractivity contribution < 1.29 is 14.3 Å². The summed E-state index contributed by atoms with van der Waals surface area (Å²) in [4.78, 5) is 12.6. The topological polar surface area (TPSA) is 65.4 Å². The summed E-state index contributed by atoms with van der Waals surface area (Å²) >= 11 is 0. The number of carbonyl (C=O) groups is 1. The number of hydrogen-bond donors (Lipinski definition) is 1. The van der Waals surface area contributed by atoms with Crippen LogP contribution >= 0.6 is 0 Å². The SMILES string of the molecule is COc1ccc(OC)c(C(=O)NCc2ccccc2Cn2cccn2)c1. The van der Waals surface area contributed by atoms with Crippen LogP contribution < -0.4 is 14.8 Å². The van der Waals surface area contributed by atoms with Gasteiger partial charge in [-0.2, -0.15) is 5.10 Å². The van der Waals surface area contributed by atoms with E-state index in [0.29, 0.717) is 30.2 Å². The summed E-state index contributed by atoms with van der Waals surface area (Å²) in [5.41, 5.74) is 2.59. The van der Waals surface area contributed by atoms with Gasteiger partial charge < -0.3 is 14.8 Å². The van der Waals surface area contributed by atoms with E-state index in [2.05, 4.69) is 10.4 Å². The monoisotopic (exact) mass is 351 g/mol. The molecule has 0 radical (unpaired) electrons. The molecule has 26 heavy (non-hydrogen) atoms. The summed E-state index contributed by atoms with van der Waals surface area (Å²) in [6.45, 7) is 1.07. The van der Waals surface area contributed by atoms with E-state index in [0.717, 1.165) is 11.1 Å². The van der Waals surface area contributed by atoms with Crippen LogP contribution in [0.5, 0.6) is 11.5 Å². The minimum atomic E-state index is -0.213. The molecule has 1 aromatic heterocycles. The van der Waals surface area contributed by atoms with Gasteiger partial charge in [0.15, 0.2) is 0 Å². The van der Waals surface area contributed by atoms with Gasteiger partial charge in [0.05, 0.1) is 26.3 Å². The molecule has 3 rings (SSSR count). The fraction of sp³-hybridized carbons (Fsp3) is 0.200. The van der Waals surface area contributed by atoms with Crippen molar-refractivity contribution in [3.63, 3.8) is 0 Å². The smallest absolute Gasteiger partial charge is 0.255 e. The van der Waals surface area contributed by atoms with Crippen LogP contribution in [0.2, 0.25) is 0 Å². The normalized spacial score (nSPS) is 10.4. The molecule has 0 bridgehead atoms. The van der Waals surface area contributed by atoms with E-state index >= 15 is 0 Å². The molecule has 1 N–H and O–H groups in total. The van der Waals surface area contributed by atoms with Gasteiger partial charge in [0.1, 0.15) is 11.5 Å². The molecule has 0 fully saturated rings. The molecule has 0 saturated carbocycles. The van der Waals surface area contributed by atoms with E-state index in [4.69, 9.17) is 9.47 Å². The van der Waals surface area contributed by atoms with Crippen LogP contribution in [0.4, 0.5) is 0 Å². The van der Waals surface area contributed by atoms with Gasteiger partial charge in [0, 0.05) is 18.9 Å². The molecule has 1 amide bonds. The molecule has 0 aliphatic rings. The Morgan fingerprint density at radius 3 is 2.58 bits per heavy atom. The van der Waals surface area contributed by atoms with Crippen LogP contribution in [0.1, 0.15) is 21.5 Å². The highest BCUT2D eigenvalue weighted by molar-refractivity contribution is 5.97. The Bertz CT molecular complexity index is 876. The van der Waals surface area contributed by atoms with Gasteiger partial charge in [-0.25, -0.2) is 0 Å². The third-order valence-corrected chi connectivity index (χ3v) is 4.10. The second-order valence-corrected chi connectivity index (χ2v) is 5.72. The summed E-state index contributed by atoms with van der Waals surface area (Å²) in [5.74, 6) is 0.901. The number of amides is 1. The van der Waals surface area contributed by atoms with Crippen LogP contribution in [0.25, 0.3) is 0 Å². The highest BCUT2D eigenvalue weighted by Gasteiger charge is 2.14. The molecule has 0 saturated heterocycles. The molecule has 0 spiro atoms. The average Bonchev–Trinajstić information content (AvgIpc) is 3.19. The molecule has 134 valence electrons. The number of nitrogens with zero attached hydrogens (tertiary/aromatic N) is 2. The van der Waals surface area contributed by atoms with Crippen molar-refractivity contribution in [2.75, 3.05) is 14.2 Å². The lowest BCUT2D eigenvalue weighted by Crippen LogP contribution is -2.24. The average molecular weight is 351 g/mol. The molecular weight excluding hydrogens is 330 g/mol. The Balaban J connectivity index is 1.74. The predicted octanol–water partition coefficient (Wildman–Crippen LogP) is 2.88. The van der Waals surface area contributed by atoms with Crippen molar-refractivity contribution in [2.45, 2.75) is 13.1 Å². The summed E-state index contributed by atoms with van der Waals surface area (Å²) in [6, 6.07) is 15.0. The van der Waals surface area contributed by atoms with E-state index < -0.39 is 0 Å². The van der Waals surface area contributed by atoms with E-state index in [9.17, 15) is 4.79 Å². The van der Waals surface area contributed by atoms with Gasteiger partial charge in [0.2, 0.25) is 0 Å². The van der Waals surface area contributed by atoms with E-state index in [-0.39, 0.29) is 5.91 Å². The third kappa shape index (κ3) is 4.03. The first kappa shape index (κ1) is 17.5. The lowest BCUT2D eigenvalue weighted by atomic mass is 10.1. The van der Waals surface area contributed by atoms with Crippen molar-refractivity contribution in [3.05, 3.63) is 77.6 Å². The predicted molar refractivity (Wildman–Crippen MR) is 98.5 cm³/mol. The third-order valence-electron chi connectivity index (χ3n) is 4.10. The molecule has 6 nitrogen and oxygen atoms in total. The van der Waals surface area contributed by atoms with Crippen molar-refractivity contribution in [1.29, 1.82) is 0 Å². The van der Waals surface area contributed by atoms with E-state index in [1.807, 2.05) is 41.2 Å². The van der Waals surface area contributed by atoms with Gasteiger partial charge in [-0.15, -0.1) is 0 Å². The molecular formula is C20H21N3O3. The van der Waals surface area contributed by atoms with E-state index in [1.54, 1.807) is 31.5 Å². The Hall–Kier alpha value is -3.28. The fourth-order valence-corrected chi connectivity index (χ4v) is 2.71. The maximum absolute atomic E-state index is 12.6. The van der Waals surface area contributed by atoms with Crippen LogP contribution in [0, 0.1) is 0 Å². The molecule has 0 atom stereocenters. The Morgan fingerprint density at radius 2 is 1.88 bits per heavy atom. The quantitative estimate of drug-likeness (QED) is 0.711. The first-order valence-electron chi connectivity index (χ1n) is 8.25.